The van der Waals surface area contributed by atoms with Crippen LogP contribution in [0.5, 0.6) is 0 Å². The van der Waals surface area contributed by atoms with Gasteiger partial charge in [-0.3, -0.25) is 4.99 Å². The van der Waals surface area contributed by atoms with Gasteiger partial charge in [0.25, 0.3) is 0 Å². The van der Waals surface area contributed by atoms with Crippen molar-refractivity contribution in [3.63, 3.8) is 0 Å². The lowest BCUT2D eigenvalue weighted by atomic mass is 10.3. The molecule has 3 heteroatoms. The van der Waals surface area contributed by atoms with Crippen LogP contribution in [0.2, 0.25) is 0 Å². The monoisotopic (exact) mass is 159 g/mol. The van der Waals surface area contributed by atoms with Gasteiger partial charge in [0.15, 0.2) is 0 Å². The minimum atomic E-state index is 0.916. The normalized spacial score (nSPS) is 15.3. The van der Waals surface area contributed by atoms with Crippen LogP contribution in [0.15, 0.2) is 17.3 Å². The van der Waals surface area contributed by atoms with E-state index in [9.17, 15) is 0 Å². The lowest BCUT2D eigenvalue weighted by Gasteiger charge is -1.92. The highest BCUT2D eigenvalue weighted by molar-refractivity contribution is 5.75. The Hall–Kier alpha value is -1.51. The predicted octanol–water partition coefficient (Wildman–Crippen LogP) is 0.300. The van der Waals surface area contributed by atoms with Crippen LogP contribution in [-0.4, -0.2) is 16.5 Å². The first-order valence-electron chi connectivity index (χ1n) is 4.15. The third kappa shape index (κ3) is 0.630. The number of nitrogens with zero attached hydrogens (tertiary/aromatic N) is 1. The molecule has 0 saturated carbocycles. The number of aromatic nitrogens is 2. The van der Waals surface area contributed by atoms with Gasteiger partial charge in [0.05, 0.1) is 16.4 Å². The van der Waals surface area contributed by atoms with Crippen molar-refractivity contribution in [2.75, 3.05) is 6.54 Å². The average Bonchev–Trinajstić information content (AvgIpc) is 2.62. The van der Waals surface area contributed by atoms with Crippen molar-refractivity contribution in [1.29, 1.82) is 0 Å². The minimum absolute atomic E-state index is 0.916. The maximum atomic E-state index is 4.46. The molecule has 0 spiro atoms. The molecule has 0 bridgehead atoms. The van der Waals surface area contributed by atoms with Crippen LogP contribution in [0.25, 0.3) is 17.1 Å². The second kappa shape index (κ2) is 2.00. The molecule has 0 amide bonds. The van der Waals surface area contributed by atoms with Crippen molar-refractivity contribution in [2.45, 2.75) is 6.42 Å². The first kappa shape index (κ1) is 6.06. The summed E-state index contributed by atoms with van der Waals surface area (Å²) in [5, 5.41) is 2.27. The summed E-state index contributed by atoms with van der Waals surface area (Å²) in [6, 6.07) is 2.04. The number of hydrogen-bond donors (Lipinski definition) is 2. The third-order valence-corrected chi connectivity index (χ3v) is 2.26. The molecule has 0 saturated heterocycles. The van der Waals surface area contributed by atoms with Gasteiger partial charge in [0, 0.05) is 12.7 Å². The molecule has 2 aromatic heterocycles. The number of fused-ring (bicyclic) bond motifs is 3. The van der Waals surface area contributed by atoms with E-state index in [1.165, 1.54) is 5.35 Å². The molecule has 0 unspecified atom stereocenters. The van der Waals surface area contributed by atoms with E-state index in [1.54, 1.807) is 0 Å². The van der Waals surface area contributed by atoms with E-state index in [2.05, 4.69) is 21.0 Å². The number of rotatable bonds is 0. The van der Waals surface area contributed by atoms with Crippen molar-refractivity contribution >= 4 is 17.1 Å². The van der Waals surface area contributed by atoms with Crippen LogP contribution in [0.4, 0.5) is 0 Å². The molecule has 1 aliphatic rings. The zero-order valence-corrected chi connectivity index (χ0v) is 6.59. The summed E-state index contributed by atoms with van der Waals surface area (Å²) in [6.07, 6.45) is 5.19. The van der Waals surface area contributed by atoms with Crippen LogP contribution in [0.1, 0.15) is 6.42 Å². The number of H-pyrrole nitrogens is 2. The molecule has 0 aliphatic carbocycles. The van der Waals surface area contributed by atoms with Crippen molar-refractivity contribution in [2.24, 2.45) is 4.99 Å². The van der Waals surface area contributed by atoms with Crippen molar-refractivity contribution in [3.05, 3.63) is 23.0 Å². The summed E-state index contributed by atoms with van der Waals surface area (Å²) < 4.78 is 0. The van der Waals surface area contributed by atoms with Crippen LogP contribution < -0.4 is 10.7 Å². The van der Waals surface area contributed by atoms with Gasteiger partial charge >= 0.3 is 0 Å². The average molecular weight is 159 g/mol. The van der Waals surface area contributed by atoms with Crippen LogP contribution in [0, 0.1) is 0 Å². The minimum Gasteiger partial charge on any atom is -0.358 e. The van der Waals surface area contributed by atoms with E-state index in [0.717, 1.165) is 29.4 Å². The Bertz CT molecular complexity index is 530. The Labute approximate surface area is 68.8 Å². The molecule has 3 rings (SSSR count). The molecule has 12 heavy (non-hydrogen) atoms. The number of nitrogens with one attached hydrogen (secondary N) is 2. The first-order chi connectivity index (χ1) is 5.95. The van der Waals surface area contributed by atoms with E-state index < -0.39 is 0 Å². The summed E-state index contributed by atoms with van der Waals surface area (Å²) in [5.41, 5.74) is 2.29. The van der Waals surface area contributed by atoms with Gasteiger partial charge in [-0.2, -0.15) is 0 Å². The van der Waals surface area contributed by atoms with Crippen molar-refractivity contribution in [1.82, 2.24) is 9.97 Å². The van der Waals surface area contributed by atoms with Crippen LogP contribution >= 0.6 is 0 Å². The van der Waals surface area contributed by atoms with E-state index in [1.807, 2.05) is 12.3 Å². The molecule has 0 atom stereocenters. The van der Waals surface area contributed by atoms with Gasteiger partial charge in [0.1, 0.15) is 5.36 Å². The zero-order chi connectivity index (χ0) is 7.97. The quantitative estimate of drug-likeness (QED) is 0.555. The highest BCUT2D eigenvalue weighted by atomic mass is 14.8. The SMILES string of the molecule is C1=c2[nH]c3cc[nH]c3c2=NCC1. The van der Waals surface area contributed by atoms with E-state index >= 15 is 0 Å². The molecule has 3 heterocycles. The zero-order valence-electron chi connectivity index (χ0n) is 6.59. The summed E-state index contributed by atoms with van der Waals surface area (Å²) in [5.74, 6) is 0. The van der Waals surface area contributed by atoms with Gasteiger partial charge in [-0.25, -0.2) is 0 Å². The Balaban J connectivity index is 2.66. The Morgan fingerprint density at radius 1 is 1.42 bits per heavy atom. The second-order valence-corrected chi connectivity index (χ2v) is 3.03. The van der Waals surface area contributed by atoms with E-state index in [4.69, 9.17) is 0 Å². The van der Waals surface area contributed by atoms with Crippen LogP contribution in [0.3, 0.4) is 0 Å². The molecule has 0 radical (unpaired) electrons. The molecular formula is C9H9N3. The molecular weight excluding hydrogens is 150 g/mol. The largest absolute Gasteiger partial charge is 0.358 e. The Morgan fingerprint density at radius 3 is 3.42 bits per heavy atom. The smallest absolute Gasteiger partial charge is 0.106 e. The lowest BCUT2D eigenvalue weighted by Crippen LogP contribution is -2.26. The molecule has 0 fully saturated rings. The second-order valence-electron chi connectivity index (χ2n) is 3.03. The molecule has 2 aromatic rings. The van der Waals surface area contributed by atoms with Gasteiger partial charge in [-0.05, 0) is 12.5 Å². The lowest BCUT2D eigenvalue weighted by molar-refractivity contribution is 0.957. The Morgan fingerprint density at radius 2 is 2.42 bits per heavy atom. The summed E-state index contributed by atoms with van der Waals surface area (Å²) in [7, 11) is 0. The van der Waals surface area contributed by atoms with E-state index in [0.29, 0.717) is 0 Å². The maximum Gasteiger partial charge on any atom is 0.106 e. The molecule has 3 nitrogen and oxygen atoms in total. The highest BCUT2D eigenvalue weighted by Crippen LogP contribution is 2.01. The fraction of sp³-hybridized carbons (Fsp3) is 0.222. The van der Waals surface area contributed by atoms with E-state index in [-0.39, 0.29) is 0 Å². The number of hydrogen-bond acceptors (Lipinski definition) is 1. The van der Waals surface area contributed by atoms with Gasteiger partial charge in [-0.15, -0.1) is 0 Å². The summed E-state index contributed by atoms with van der Waals surface area (Å²) in [6.45, 7) is 0.916. The van der Waals surface area contributed by atoms with Crippen LogP contribution in [-0.2, 0) is 0 Å². The fourth-order valence-corrected chi connectivity index (χ4v) is 1.71. The van der Waals surface area contributed by atoms with Crippen molar-refractivity contribution < 1.29 is 0 Å². The van der Waals surface area contributed by atoms with Gasteiger partial charge in [0.2, 0.25) is 0 Å². The molecule has 0 aromatic carbocycles. The van der Waals surface area contributed by atoms with Crippen molar-refractivity contribution in [3.8, 4) is 0 Å². The maximum absolute atomic E-state index is 4.46. The molecule has 2 N–H and O–H groups in total. The predicted molar refractivity (Wildman–Crippen MR) is 47.4 cm³/mol. The topological polar surface area (TPSA) is 43.9 Å². The summed E-state index contributed by atoms with van der Waals surface area (Å²) in [4.78, 5) is 11.0. The first-order valence-corrected chi connectivity index (χ1v) is 4.15. The number of aromatic amines is 2. The Kier molecular flexibility index (Phi) is 1.01. The van der Waals surface area contributed by atoms with Gasteiger partial charge < -0.3 is 9.97 Å². The standard InChI is InChI=1S/C9H9N3/c1-2-6-8(10-4-1)9-7(12-6)3-5-11-9/h2-3,5,11-12H,1,4H2. The summed E-state index contributed by atoms with van der Waals surface area (Å²) >= 11 is 0. The third-order valence-electron chi connectivity index (χ3n) is 2.26. The highest BCUT2D eigenvalue weighted by Gasteiger charge is 2.03. The molecule has 60 valence electrons. The molecule has 1 aliphatic heterocycles. The van der Waals surface area contributed by atoms with Gasteiger partial charge in [-0.1, -0.05) is 6.08 Å². The fourth-order valence-electron chi connectivity index (χ4n) is 1.71.